The van der Waals surface area contributed by atoms with Crippen LogP contribution in [0.1, 0.15) is 16.7 Å². The summed E-state index contributed by atoms with van der Waals surface area (Å²) in [6.07, 6.45) is 0.415. The van der Waals surface area contributed by atoms with Crippen LogP contribution in [0.15, 0.2) is 37.9 Å². The molecular formula is C19H15NO6S. The van der Waals surface area contributed by atoms with Crippen LogP contribution in [-0.2, 0) is 11.2 Å². The Morgan fingerprint density at radius 2 is 1.89 bits per heavy atom. The van der Waals surface area contributed by atoms with E-state index in [1.165, 1.54) is 6.92 Å². The highest BCUT2D eigenvalue weighted by molar-refractivity contribution is 8.15. The zero-order valence-corrected chi connectivity index (χ0v) is 15.3. The molecule has 1 atom stereocenters. The highest BCUT2D eigenvalue weighted by Gasteiger charge is 2.31. The molecule has 4 rings (SSSR count). The molecule has 0 radical (unpaired) electrons. The van der Waals surface area contributed by atoms with Crippen molar-refractivity contribution < 1.29 is 23.5 Å². The molecule has 0 saturated carbocycles. The number of hydrogen-bond acceptors (Lipinski definition) is 7. The van der Waals surface area contributed by atoms with Gasteiger partial charge < -0.3 is 13.9 Å². The second-order valence-electron chi connectivity index (χ2n) is 6.39. The Morgan fingerprint density at radius 1 is 1.11 bits per heavy atom. The lowest BCUT2D eigenvalue weighted by Gasteiger charge is -2.05. The first kappa shape index (κ1) is 17.4. The minimum Gasteiger partial charge on any atom is -0.507 e. The molecule has 1 saturated heterocycles. The summed E-state index contributed by atoms with van der Waals surface area (Å²) in [5.41, 5.74) is 1.40. The van der Waals surface area contributed by atoms with Crippen molar-refractivity contribution >= 4 is 33.9 Å². The number of amides is 2. The second-order valence-corrected chi connectivity index (χ2v) is 7.56. The summed E-state index contributed by atoms with van der Waals surface area (Å²) in [6.45, 7) is 3.14. The maximum atomic E-state index is 11.9. The number of rotatable bonds is 3. The topological polar surface area (TPSA) is 110 Å². The minimum atomic E-state index is -0.622. The van der Waals surface area contributed by atoms with Crippen molar-refractivity contribution in [2.75, 3.05) is 0 Å². The average molecular weight is 385 g/mol. The van der Waals surface area contributed by atoms with E-state index in [0.29, 0.717) is 23.3 Å². The van der Waals surface area contributed by atoms with Crippen molar-refractivity contribution in [1.82, 2.24) is 5.32 Å². The van der Waals surface area contributed by atoms with Gasteiger partial charge in [-0.05, 0) is 44.0 Å². The van der Waals surface area contributed by atoms with E-state index in [4.69, 9.17) is 8.83 Å². The molecule has 3 heterocycles. The van der Waals surface area contributed by atoms with Crippen LogP contribution in [0.5, 0.6) is 5.75 Å². The van der Waals surface area contributed by atoms with Crippen molar-refractivity contribution in [2.45, 2.75) is 25.5 Å². The first-order chi connectivity index (χ1) is 12.8. The Morgan fingerprint density at radius 3 is 2.59 bits per heavy atom. The maximum Gasteiger partial charge on any atom is 0.343 e. The molecule has 2 N–H and O–H groups in total. The molecule has 0 bridgehead atoms. The highest BCUT2D eigenvalue weighted by Crippen LogP contribution is 2.34. The molecule has 0 spiro atoms. The lowest BCUT2D eigenvalue weighted by molar-refractivity contribution is -0.118. The van der Waals surface area contributed by atoms with Crippen LogP contribution in [0.2, 0.25) is 0 Å². The Balaban J connectivity index is 1.71. The largest absolute Gasteiger partial charge is 0.507 e. The third-order valence-corrected chi connectivity index (χ3v) is 5.53. The number of furan rings is 1. The molecule has 3 aromatic rings. The molecule has 1 aliphatic rings. The van der Waals surface area contributed by atoms with E-state index in [2.05, 4.69) is 5.32 Å². The van der Waals surface area contributed by atoms with Crippen LogP contribution < -0.4 is 10.9 Å². The van der Waals surface area contributed by atoms with Crippen molar-refractivity contribution in [3.05, 3.63) is 51.4 Å². The van der Waals surface area contributed by atoms with Gasteiger partial charge in [0.1, 0.15) is 11.3 Å². The number of carbonyl (C=O) groups excluding carboxylic acids is 2. The number of hydrogen-bond donors (Lipinski definition) is 2. The van der Waals surface area contributed by atoms with E-state index in [1.54, 1.807) is 19.1 Å². The van der Waals surface area contributed by atoms with Gasteiger partial charge in [-0.15, -0.1) is 0 Å². The number of carbonyl (C=O) groups is 2. The SMILES string of the molecule is Cc1c(-c2cc3cc(CC4SC(=O)NC4=O)ccc3o2)oc(=O)c(C)c1O. The number of thioether (sulfide) groups is 1. The molecular weight excluding hydrogens is 370 g/mol. The molecule has 1 fully saturated rings. The molecule has 2 aromatic heterocycles. The Labute approximate surface area is 157 Å². The Kier molecular flexibility index (Phi) is 4.07. The molecule has 0 aliphatic carbocycles. The predicted octanol–water partition coefficient (Wildman–Crippen LogP) is 3.27. The molecule has 8 heteroatoms. The van der Waals surface area contributed by atoms with Gasteiger partial charge in [0, 0.05) is 10.9 Å². The van der Waals surface area contributed by atoms with Gasteiger partial charge in [-0.2, -0.15) is 0 Å². The molecule has 1 aliphatic heterocycles. The van der Waals surface area contributed by atoms with Gasteiger partial charge in [-0.3, -0.25) is 14.9 Å². The van der Waals surface area contributed by atoms with Crippen molar-refractivity contribution in [3.63, 3.8) is 0 Å². The molecule has 1 unspecified atom stereocenters. The predicted molar refractivity (Wildman–Crippen MR) is 99.9 cm³/mol. The van der Waals surface area contributed by atoms with Gasteiger partial charge in [0.15, 0.2) is 11.5 Å². The first-order valence-corrected chi connectivity index (χ1v) is 9.09. The molecule has 27 heavy (non-hydrogen) atoms. The number of fused-ring (bicyclic) bond motifs is 1. The van der Waals surface area contributed by atoms with Gasteiger partial charge in [0.2, 0.25) is 5.91 Å². The summed E-state index contributed by atoms with van der Waals surface area (Å²) in [7, 11) is 0. The summed E-state index contributed by atoms with van der Waals surface area (Å²) in [5.74, 6) is 0.106. The maximum absolute atomic E-state index is 11.9. The quantitative estimate of drug-likeness (QED) is 0.712. The zero-order chi connectivity index (χ0) is 19.3. The van der Waals surface area contributed by atoms with Crippen LogP contribution in [0.25, 0.3) is 22.5 Å². The fraction of sp³-hybridized carbons (Fsp3) is 0.211. The summed E-state index contributed by atoms with van der Waals surface area (Å²) in [4.78, 5) is 34.9. The van der Waals surface area contributed by atoms with Crippen LogP contribution in [-0.4, -0.2) is 21.5 Å². The van der Waals surface area contributed by atoms with Crippen molar-refractivity contribution in [2.24, 2.45) is 0 Å². The molecule has 2 amide bonds. The Bertz CT molecular complexity index is 1160. The third kappa shape index (κ3) is 3.02. The van der Waals surface area contributed by atoms with E-state index in [-0.39, 0.29) is 28.2 Å². The van der Waals surface area contributed by atoms with Gasteiger partial charge in [0.05, 0.1) is 10.8 Å². The first-order valence-electron chi connectivity index (χ1n) is 8.21. The Hall–Kier alpha value is -3.00. The van der Waals surface area contributed by atoms with Crippen LogP contribution in [0.4, 0.5) is 4.79 Å². The standard InChI is InChI=1S/C19H15NO6S/c1-8-15(21)9(2)18(23)26-16(8)13-7-11-5-10(3-4-12(11)25-13)6-14-17(22)20-19(24)27-14/h3-5,7,14,21H,6H2,1-2H3,(H,20,22,24). The van der Waals surface area contributed by atoms with Gasteiger partial charge in [-0.1, -0.05) is 17.8 Å². The van der Waals surface area contributed by atoms with E-state index < -0.39 is 10.9 Å². The fourth-order valence-corrected chi connectivity index (χ4v) is 3.90. The van der Waals surface area contributed by atoms with Crippen LogP contribution in [0, 0.1) is 13.8 Å². The third-order valence-electron chi connectivity index (χ3n) is 4.54. The number of imide groups is 1. The average Bonchev–Trinajstić information content (AvgIpc) is 3.18. The fourth-order valence-electron chi connectivity index (χ4n) is 3.04. The van der Waals surface area contributed by atoms with E-state index >= 15 is 0 Å². The lowest BCUT2D eigenvalue weighted by atomic mass is 10.1. The second kappa shape index (κ2) is 6.31. The number of benzene rings is 1. The van der Waals surface area contributed by atoms with Crippen molar-refractivity contribution in [3.8, 4) is 17.3 Å². The summed E-state index contributed by atoms with van der Waals surface area (Å²) in [6, 6.07) is 7.16. The van der Waals surface area contributed by atoms with Gasteiger partial charge >= 0.3 is 5.63 Å². The summed E-state index contributed by atoms with van der Waals surface area (Å²) < 4.78 is 11.1. The van der Waals surface area contributed by atoms with Crippen molar-refractivity contribution in [1.29, 1.82) is 0 Å². The zero-order valence-electron chi connectivity index (χ0n) is 14.5. The van der Waals surface area contributed by atoms with Crippen LogP contribution in [0.3, 0.4) is 0 Å². The number of aromatic hydroxyl groups is 1. The van der Waals surface area contributed by atoms with E-state index in [0.717, 1.165) is 22.7 Å². The lowest BCUT2D eigenvalue weighted by Crippen LogP contribution is -2.25. The molecule has 7 nitrogen and oxygen atoms in total. The van der Waals surface area contributed by atoms with Gasteiger partial charge in [-0.25, -0.2) is 4.79 Å². The normalized spacial score (nSPS) is 16.9. The summed E-state index contributed by atoms with van der Waals surface area (Å²) >= 11 is 0.982. The highest BCUT2D eigenvalue weighted by atomic mass is 32.2. The van der Waals surface area contributed by atoms with E-state index in [9.17, 15) is 19.5 Å². The number of nitrogens with one attached hydrogen (secondary N) is 1. The smallest absolute Gasteiger partial charge is 0.343 e. The minimum absolute atomic E-state index is 0.115. The monoisotopic (exact) mass is 385 g/mol. The summed E-state index contributed by atoms with van der Waals surface area (Å²) in [5, 5.41) is 12.3. The molecule has 1 aromatic carbocycles. The van der Waals surface area contributed by atoms with Crippen LogP contribution >= 0.6 is 11.8 Å². The van der Waals surface area contributed by atoms with Gasteiger partial charge in [0.25, 0.3) is 5.24 Å². The van der Waals surface area contributed by atoms with E-state index in [1.807, 2.05) is 12.1 Å². The molecule has 138 valence electrons.